The molecular formula is C15H27Cl2N5O3S. The predicted octanol–water partition coefficient (Wildman–Crippen LogP) is 0.519. The number of carbonyl (C=O) groups is 1. The van der Waals surface area contributed by atoms with Crippen LogP contribution in [0.5, 0.6) is 0 Å². The summed E-state index contributed by atoms with van der Waals surface area (Å²) in [4.78, 5) is 21.8. The molecule has 0 aromatic carbocycles. The number of nitrogens with one attached hydrogen (secondary N) is 3. The first-order valence-corrected chi connectivity index (χ1v) is 10.2. The molecular weight excluding hydrogens is 401 g/mol. The van der Waals surface area contributed by atoms with Gasteiger partial charge in [-0.25, -0.2) is 18.1 Å². The third-order valence-corrected chi connectivity index (χ3v) is 5.39. The normalized spacial score (nSPS) is 23.1. The van der Waals surface area contributed by atoms with E-state index < -0.39 is 10.0 Å². The van der Waals surface area contributed by atoms with Crippen molar-refractivity contribution in [2.75, 3.05) is 25.9 Å². The lowest BCUT2D eigenvalue weighted by Gasteiger charge is -2.19. The van der Waals surface area contributed by atoms with Gasteiger partial charge in [-0.15, -0.1) is 24.8 Å². The Morgan fingerprint density at radius 3 is 2.65 bits per heavy atom. The van der Waals surface area contributed by atoms with Gasteiger partial charge in [0.2, 0.25) is 15.9 Å². The molecule has 1 saturated carbocycles. The van der Waals surface area contributed by atoms with Gasteiger partial charge in [-0.1, -0.05) is 0 Å². The Hall–Kier alpha value is -0.870. The standard InChI is InChI=1S/C15H25N5O3S.2ClH/c1-24(22,23)18-5-4-15(21)19-13-9-20(8-12(13)11-2-3-11)10-14-16-6-7-17-14;;/h6-7,11-13,18H,2-5,8-10H2,1H3,(H,16,17)(H,19,21);2*1H/t12-,13+;;/m1../s1. The first-order chi connectivity index (χ1) is 11.4. The van der Waals surface area contributed by atoms with Gasteiger partial charge < -0.3 is 10.3 Å². The molecule has 11 heteroatoms. The highest BCUT2D eigenvalue weighted by molar-refractivity contribution is 7.88. The molecule has 1 aliphatic heterocycles. The molecule has 3 rings (SSSR count). The maximum absolute atomic E-state index is 12.1. The van der Waals surface area contributed by atoms with E-state index in [9.17, 15) is 13.2 Å². The molecule has 150 valence electrons. The molecule has 0 radical (unpaired) electrons. The molecule has 2 atom stereocenters. The second-order valence-electron chi connectivity index (χ2n) is 6.82. The van der Waals surface area contributed by atoms with E-state index >= 15 is 0 Å². The second-order valence-corrected chi connectivity index (χ2v) is 8.65. The molecule has 1 aromatic rings. The summed E-state index contributed by atoms with van der Waals surface area (Å²) < 4.78 is 24.4. The van der Waals surface area contributed by atoms with Gasteiger partial charge in [-0.3, -0.25) is 9.69 Å². The highest BCUT2D eigenvalue weighted by Crippen LogP contribution is 2.41. The first-order valence-electron chi connectivity index (χ1n) is 8.35. The van der Waals surface area contributed by atoms with E-state index in [-0.39, 0.29) is 49.7 Å². The summed E-state index contributed by atoms with van der Waals surface area (Å²) in [7, 11) is -3.25. The first kappa shape index (κ1) is 23.2. The van der Waals surface area contributed by atoms with Crippen LogP contribution in [-0.4, -0.2) is 61.1 Å². The number of sulfonamides is 1. The van der Waals surface area contributed by atoms with E-state index in [1.165, 1.54) is 12.8 Å². The van der Waals surface area contributed by atoms with Gasteiger partial charge in [0.15, 0.2) is 0 Å². The van der Waals surface area contributed by atoms with Crippen molar-refractivity contribution < 1.29 is 13.2 Å². The minimum Gasteiger partial charge on any atom is -0.352 e. The largest absolute Gasteiger partial charge is 0.352 e. The van der Waals surface area contributed by atoms with Gasteiger partial charge >= 0.3 is 0 Å². The van der Waals surface area contributed by atoms with Crippen LogP contribution >= 0.6 is 24.8 Å². The van der Waals surface area contributed by atoms with Crippen molar-refractivity contribution in [3.05, 3.63) is 18.2 Å². The third-order valence-electron chi connectivity index (χ3n) is 4.66. The van der Waals surface area contributed by atoms with Gasteiger partial charge in [0, 0.05) is 44.5 Å². The Bertz CT molecular complexity index is 667. The molecule has 1 aromatic heterocycles. The van der Waals surface area contributed by atoms with Crippen molar-refractivity contribution in [3.63, 3.8) is 0 Å². The fourth-order valence-corrected chi connectivity index (χ4v) is 3.90. The molecule has 1 aliphatic carbocycles. The maximum Gasteiger partial charge on any atom is 0.221 e. The third kappa shape index (κ3) is 7.03. The lowest BCUT2D eigenvalue weighted by molar-refractivity contribution is -0.121. The molecule has 8 nitrogen and oxygen atoms in total. The fraction of sp³-hybridized carbons (Fsp3) is 0.733. The number of nitrogens with zero attached hydrogens (tertiary/aromatic N) is 2. The number of H-pyrrole nitrogens is 1. The molecule has 0 unspecified atom stereocenters. The van der Waals surface area contributed by atoms with Gasteiger partial charge in [0.1, 0.15) is 5.82 Å². The van der Waals surface area contributed by atoms with Crippen LogP contribution in [0.25, 0.3) is 0 Å². The number of carbonyl (C=O) groups excluding carboxylic acids is 1. The van der Waals surface area contributed by atoms with E-state index in [1.807, 2.05) is 6.20 Å². The summed E-state index contributed by atoms with van der Waals surface area (Å²) in [5.74, 6) is 2.02. The summed E-state index contributed by atoms with van der Waals surface area (Å²) in [5.41, 5.74) is 0. The van der Waals surface area contributed by atoms with E-state index in [4.69, 9.17) is 0 Å². The zero-order valence-electron chi connectivity index (χ0n) is 14.7. The predicted molar refractivity (Wildman–Crippen MR) is 104 cm³/mol. The summed E-state index contributed by atoms with van der Waals surface area (Å²) >= 11 is 0. The van der Waals surface area contributed by atoms with Crippen LogP contribution in [0.4, 0.5) is 0 Å². The van der Waals surface area contributed by atoms with Crippen molar-refractivity contribution in [1.29, 1.82) is 0 Å². The summed E-state index contributed by atoms with van der Waals surface area (Å²) in [6.07, 6.45) is 7.30. The van der Waals surface area contributed by atoms with Gasteiger partial charge in [0.25, 0.3) is 0 Å². The number of imidazole rings is 1. The molecule has 1 amide bonds. The highest BCUT2D eigenvalue weighted by atomic mass is 35.5. The molecule has 2 fully saturated rings. The van der Waals surface area contributed by atoms with Crippen molar-refractivity contribution in [2.24, 2.45) is 11.8 Å². The molecule has 26 heavy (non-hydrogen) atoms. The molecule has 2 heterocycles. The Morgan fingerprint density at radius 2 is 2.08 bits per heavy atom. The van der Waals surface area contributed by atoms with Crippen molar-refractivity contribution in [1.82, 2.24) is 24.9 Å². The fourth-order valence-electron chi connectivity index (χ4n) is 3.42. The second kappa shape index (κ2) is 9.89. The highest BCUT2D eigenvalue weighted by Gasteiger charge is 2.42. The van der Waals surface area contributed by atoms with E-state index in [2.05, 4.69) is 24.9 Å². The number of hydrogen-bond donors (Lipinski definition) is 3. The number of hydrogen-bond acceptors (Lipinski definition) is 5. The Morgan fingerprint density at radius 1 is 1.35 bits per heavy atom. The lowest BCUT2D eigenvalue weighted by Crippen LogP contribution is -2.42. The number of aromatic amines is 1. The topological polar surface area (TPSA) is 107 Å². The van der Waals surface area contributed by atoms with Crippen LogP contribution in [0.2, 0.25) is 0 Å². The molecule has 2 aliphatic rings. The van der Waals surface area contributed by atoms with E-state index in [1.54, 1.807) is 6.20 Å². The van der Waals surface area contributed by atoms with Crippen molar-refractivity contribution in [3.8, 4) is 0 Å². The van der Waals surface area contributed by atoms with Crippen molar-refractivity contribution >= 4 is 40.7 Å². The van der Waals surface area contributed by atoms with Crippen molar-refractivity contribution in [2.45, 2.75) is 31.8 Å². The van der Waals surface area contributed by atoms with Crippen LogP contribution in [0.1, 0.15) is 25.1 Å². The van der Waals surface area contributed by atoms with Crippen LogP contribution in [0, 0.1) is 11.8 Å². The minimum atomic E-state index is -3.25. The summed E-state index contributed by atoms with van der Waals surface area (Å²) in [5, 5.41) is 3.10. The average Bonchev–Trinajstić information content (AvgIpc) is 3.06. The number of aromatic nitrogens is 2. The summed E-state index contributed by atoms with van der Waals surface area (Å²) in [6.45, 7) is 2.69. The van der Waals surface area contributed by atoms with Crippen LogP contribution in [0.3, 0.4) is 0 Å². The Labute approximate surface area is 166 Å². The Kier molecular flexibility index (Phi) is 8.81. The van der Waals surface area contributed by atoms with Gasteiger partial charge in [0.05, 0.1) is 12.8 Å². The monoisotopic (exact) mass is 427 g/mol. The van der Waals surface area contributed by atoms with E-state index in [0.29, 0.717) is 11.8 Å². The van der Waals surface area contributed by atoms with E-state index in [0.717, 1.165) is 31.7 Å². The smallest absolute Gasteiger partial charge is 0.221 e. The average molecular weight is 428 g/mol. The molecule has 0 spiro atoms. The number of likely N-dealkylation sites (tertiary alicyclic amines) is 1. The Balaban J connectivity index is 0.00000169. The van der Waals surface area contributed by atoms with Crippen LogP contribution < -0.4 is 10.0 Å². The number of rotatable bonds is 8. The molecule has 0 bridgehead atoms. The molecule has 1 saturated heterocycles. The molecule has 3 N–H and O–H groups in total. The number of halogens is 2. The van der Waals surface area contributed by atoms with Crippen LogP contribution in [-0.2, 0) is 21.4 Å². The number of amides is 1. The van der Waals surface area contributed by atoms with Gasteiger partial charge in [-0.05, 0) is 24.7 Å². The summed E-state index contributed by atoms with van der Waals surface area (Å²) in [6, 6.07) is 0.137. The lowest BCUT2D eigenvalue weighted by atomic mass is 9.98. The maximum atomic E-state index is 12.1. The minimum absolute atomic E-state index is 0. The quantitative estimate of drug-likeness (QED) is 0.560. The SMILES string of the molecule is CS(=O)(=O)NCCC(=O)N[C@H]1CN(Cc2ncc[nH]2)C[C@@H]1C1CC1.Cl.Cl. The zero-order chi connectivity index (χ0) is 17.2. The van der Waals surface area contributed by atoms with Gasteiger partial charge in [-0.2, -0.15) is 0 Å². The zero-order valence-corrected chi connectivity index (χ0v) is 17.1. The van der Waals surface area contributed by atoms with Crippen LogP contribution in [0.15, 0.2) is 12.4 Å².